The van der Waals surface area contributed by atoms with Gasteiger partial charge in [-0.3, -0.25) is 4.79 Å². The van der Waals surface area contributed by atoms with Crippen LogP contribution in [-0.4, -0.2) is 36.5 Å². The first kappa shape index (κ1) is 12.2. The number of piperazine rings is 1. The quantitative estimate of drug-likeness (QED) is 0.852. The number of rotatable bonds is 1. The number of nitrogens with zero attached hydrogens (tertiary/aromatic N) is 1. The van der Waals surface area contributed by atoms with Crippen LogP contribution in [0.3, 0.4) is 0 Å². The summed E-state index contributed by atoms with van der Waals surface area (Å²) in [5.41, 5.74) is 1.50. The molecule has 1 aliphatic heterocycles. The maximum atomic E-state index is 12.7. The Hall–Kier alpha value is -1.81. The number of furan rings is 1. The van der Waals surface area contributed by atoms with Crippen molar-refractivity contribution in [1.82, 2.24) is 10.2 Å². The first-order valence-electron chi connectivity index (χ1n) is 6.68. The Morgan fingerprint density at radius 1 is 1.42 bits per heavy atom. The summed E-state index contributed by atoms with van der Waals surface area (Å²) in [4.78, 5) is 14.7. The molecule has 1 atom stereocenters. The molecule has 0 aliphatic carbocycles. The van der Waals surface area contributed by atoms with Gasteiger partial charge in [-0.15, -0.1) is 0 Å². The molecule has 2 aromatic rings. The van der Waals surface area contributed by atoms with E-state index in [1.54, 1.807) is 0 Å². The van der Waals surface area contributed by atoms with Crippen LogP contribution in [0.4, 0.5) is 0 Å². The predicted molar refractivity (Wildman–Crippen MR) is 74.3 cm³/mol. The standard InChI is InChI=1S/C15H18N2O2/c1-10-9-16-7-8-17(10)15(18)14-11(2)19-13-6-4-3-5-12(13)14/h3-6,10,16H,7-9H2,1-2H3. The van der Waals surface area contributed by atoms with E-state index in [1.807, 2.05) is 36.1 Å². The van der Waals surface area contributed by atoms with Crippen molar-refractivity contribution in [2.45, 2.75) is 19.9 Å². The van der Waals surface area contributed by atoms with Crippen LogP contribution >= 0.6 is 0 Å². The maximum absolute atomic E-state index is 12.7. The summed E-state index contributed by atoms with van der Waals surface area (Å²) in [6, 6.07) is 7.93. The predicted octanol–water partition coefficient (Wildman–Crippen LogP) is 2.18. The molecule has 4 heteroatoms. The van der Waals surface area contributed by atoms with E-state index >= 15 is 0 Å². The number of hydrogen-bond donors (Lipinski definition) is 1. The van der Waals surface area contributed by atoms with E-state index in [1.165, 1.54) is 0 Å². The maximum Gasteiger partial charge on any atom is 0.258 e. The van der Waals surface area contributed by atoms with Crippen LogP contribution < -0.4 is 5.32 Å². The van der Waals surface area contributed by atoms with Crippen LogP contribution in [0, 0.1) is 6.92 Å². The van der Waals surface area contributed by atoms with E-state index in [9.17, 15) is 4.79 Å². The second-order valence-electron chi connectivity index (χ2n) is 5.08. The molecular formula is C15H18N2O2. The molecule has 2 heterocycles. The van der Waals surface area contributed by atoms with Gasteiger partial charge in [-0.25, -0.2) is 0 Å². The van der Waals surface area contributed by atoms with Crippen molar-refractivity contribution in [3.05, 3.63) is 35.6 Å². The van der Waals surface area contributed by atoms with Crippen molar-refractivity contribution >= 4 is 16.9 Å². The Morgan fingerprint density at radius 2 is 2.21 bits per heavy atom. The molecule has 1 aromatic carbocycles. The van der Waals surface area contributed by atoms with Gasteiger partial charge in [0.1, 0.15) is 11.3 Å². The highest BCUT2D eigenvalue weighted by molar-refractivity contribution is 6.07. The van der Waals surface area contributed by atoms with Gasteiger partial charge in [0.2, 0.25) is 0 Å². The molecule has 1 aliphatic rings. The number of carbonyl (C=O) groups excluding carboxylic acids is 1. The summed E-state index contributed by atoms with van der Waals surface area (Å²) in [5.74, 6) is 0.786. The Bertz CT molecular complexity index is 618. The molecule has 0 radical (unpaired) electrons. The molecule has 1 N–H and O–H groups in total. The van der Waals surface area contributed by atoms with Crippen molar-refractivity contribution in [1.29, 1.82) is 0 Å². The van der Waals surface area contributed by atoms with Gasteiger partial charge in [-0.2, -0.15) is 0 Å². The number of fused-ring (bicyclic) bond motifs is 1. The monoisotopic (exact) mass is 258 g/mol. The van der Waals surface area contributed by atoms with Gasteiger partial charge < -0.3 is 14.6 Å². The molecule has 0 saturated carbocycles. The number of hydrogen-bond acceptors (Lipinski definition) is 3. The molecule has 1 aromatic heterocycles. The van der Waals surface area contributed by atoms with E-state index in [0.29, 0.717) is 11.3 Å². The van der Waals surface area contributed by atoms with Gasteiger partial charge in [-0.05, 0) is 19.9 Å². The number of aryl methyl sites for hydroxylation is 1. The highest BCUT2D eigenvalue weighted by Crippen LogP contribution is 2.27. The summed E-state index contributed by atoms with van der Waals surface area (Å²) in [5, 5.41) is 4.21. The number of para-hydroxylation sites is 1. The van der Waals surface area contributed by atoms with Crippen LogP contribution in [0.1, 0.15) is 23.0 Å². The third-order valence-electron chi connectivity index (χ3n) is 3.75. The van der Waals surface area contributed by atoms with Gasteiger partial charge in [-0.1, -0.05) is 18.2 Å². The van der Waals surface area contributed by atoms with Gasteiger partial charge >= 0.3 is 0 Å². The largest absolute Gasteiger partial charge is 0.461 e. The normalized spacial score (nSPS) is 19.9. The summed E-state index contributed by atoms with van der Waals surface area (Å²) < 4.78 is 5.68. The Labute approximate surface area is 112 Å². The lowest BCUT2D eigenvalue weighted by Crippen LogP contribution is -2.52. The SMILES string of the molecule is Cc1oc2ccccc2c1C(=O)N1CCNCC1C. The lowest BCUT2D eigenvalue weighted by Gasteiger charge is -2.33. The van der Waals surface area contributed by atoms with Gasteiger partial charge in [0, 0.05) is 31.1 Å². The summed E-state index contributed by atoms with van der Waals surface area (Å²) in [7, 11) is 0. The van der Waals surface area contributed by atoms with Crippen LogP contribution in [0.2, 0.25) is 0 Å². The molecule has 0 spiro atoms. The zero-order chi connectivity index (χ0) is 13.4. The number of nitrogens with one attached hydrogen (secondary N) is 1. The summed E-state index contributed by atoms with van der Waals surface area (Å²) in [6.45, 7) is 6.38. The van der Waals surface area contributed by atoms with Crippen molar-refractivity contribution in [3.8, 4) is 0 Å². The molecule has 0 bridgehead atoms. The topological polar surface area (TPSA) is 45.5 Å². The Kier molecular flexibility index (Phi) is 3.03. The van der Waals surface area contributed by atoms with Crippen molar-refractivity contribution in [2.24, 2.45) is 0 Å². The zero-order valence-electron chi connectivity index (χ0n) is 11.3. The van der Waals surface area contributed by atoms with Gasteiger partial charge in [0.05, 0.1) is 5.56 Å². The van der Waals surface area contributed by atoms with Gasteiger partial charge in [0.15, 0.2) is 0 Å². The fourth-order valence-corrected chi connectivity index (χ4v) is 2.72. The van der Waals surface area contributed by atoms with E-state index < -0.39 is 0 Å². The third kappa shape index (κ3) is 2.02. The third-order valence-corrected chi connectivity index (χ3v) is 3.75. The van der Waals surface area contributed by atoms with E-state index in [2.05, 4.69) is 12.2 Å². The molecule has 19 heavy (non-hydrogen) atoms. The second-order valence-corrected chi connectivity index (χ2v) is 5.08. The van der Waals surface area contributed by atoms with Crippen LogP contribution in [0.5, 0.6) is 0 Å². The molecule has 1 saturated heterocycles. The fraction of sp³-hybridized carbons (Fsp3) is 0.400. The Balaban J connectivity index is 2.03. The molecule has 3 rings (SSSR count). The molecule has 1 fully saturated rings. The molecule has 1 unspecified atom stereocenters. The lowest BCUT2D eigenvalue weighted by molar-refractivity contribution is 0.0656. The number of carbonyl (C=O) groups is 1. The van der Waals surface area contributed by atoms with Gasteiger partial charge in [0.25, 0.3) is 5.91 Å². The Morgan fingerprint density at radius 3 is 3.00 bits per heavy atom. The zero-order valence-corrected chi connectivity index (χ0v) is 11.3. The molecule has 4 nitrogen and oxygen atoms in total. The van der Waals surface area contributed by atoms with E-state index in [4.69, 9.17) is 4.42 Å². The molecular weight excluding hydrogens is 240 g/mol. The summed E-state index contributed by atoms with van der Waals surface area (Å²) >= 11 is 0. The highest BCUT2D eigenvalue weighted by Gasteiger charge is 2.28. The average Bonchev–Trinajstić information content (AvgIpc) is 2.74. The number of benzene rings is 1. The number of amides is 1. The molecule has 1 amide bonds. The first-order valence-corrected chi connectivity index (χ1v) is 6.68. The van der Waals surface area contributed by atoms with Crippen molar-refractivity contribution < 1.29 is 9.21 Å². The van der Waals surface area contributed by atoms with E-state index in [-0.39, 0.29) is 11.9 Å². The minimum atomic E-state index is 0.0800. The van der Waals surface area contributed by atoms with Crippen LogP contribution in [0.15, 0.2) is 28.7 Å². The minimum absolute atomic E-state index is 0.0800. The van der Waals surface area contributed by atoms with Crippen molar-refractivity contribution in [3.63, 3.8) is 0 Å². The molecule has 100 valence electrons. The first-order chi connectivity index (χ1) is 9.18. The lowest BCUT2D eigenvalue weighted by atomic mass is 10.1. The van der Waals surface area contributed by atoms with E-state index in [0.717, 1.165) is 30.6 Å². The van der Waals surface area contributed by atoms with Crippen molar-refractivity contribution in [2.75, 3.05) is 19.6 Å². The van der Waals surface area contributed by atoms with Crippen LogP contribution in [0.25, 0.3) is 11.0 Å². The fourth-order valence-electron chi connectivity index (χ4n) is 2.72. The summed E-state index contributed by atoms with van der Waals surface area (Å²) in [6.07, 6.45) is 0. The van der Waals surface area contributed by atoms with Crippen LogP contribution in [-0.2, 0) is 0 Å². The minimum Gasteiger partial charge on any atom is -0.461 e. The smallest absolute Gasteiger partial charge is 0.258 e. The average molecular weight is 258 g/mol. The second kappa shape index (κ2) is 4.70. The highest BCUT2D eigenvalue weighted by atomic mass is 16.3.